The maximum atomic E-state index is 11.3. The number of carbonyl (C=O) groups excluding carboxylic acids is 1. The molecule has 94 valence electrons. The van der Waals surface area contributed by atoms with Gasteiger partial charge in [0.05, 0.1) is 5.41 Å². The van der Waals surface area contributed by atoms with Crippen LogP contribution in [0.2, 0.25) is 0 Å². The Morgan fingerprint density at radius 2 is 1.75 bits per heavy atom. The molecule has 1 N–H and O–H groups in total. The zero-order valence-corrected chi connectivity index (χ0v) is 10.7. The van der Waals surface area contributed by atoms with E-state index >= 15 is 0 Å². The normalized spacial score (nSPS) is 14.4. The van der Waals surface area contributed by atoms with Crippen LogP contribution in [0.1, 0.15) is 65.7 Å². The Hall–Kier alpha value is -0.860. The molecule has 0 aromatic carbocycles. The van der Waals surface area contributed by atoms with Gasteiger partial charge in [0.15, 0.2) is 0 Å². The van der Waals surface area contributed by atoms with Gasteiger partial charge in [0.1, 0.15) is 5.78 Å². The number of unbranched alkanes of at least 4 members (excludes halogenated alkanes) is 3. The number of hydrogen-bond acceptors (Lipinski definition) is 2. The van der Waals surface area contributed by atoms with Crippen molar-refractivity contribution in [1.29, 1.82) is 0 Å². The maximum absolute atomic E-state index is 11.3. The van der Waals surface area contributed by atoms with Gasteiger partial charge in [0.25, 0.3) is 0 Å². The summed E-state index contributed by atoms with van der Waals surface area (Å²) >= 11 is 0. The van der Waals surface area contributed by atoms with Crippen LogP contribution in [0.3, 0.4) is 0 Å². The van der Waals surface area contributed by atoms with E-state index in [4.69, 9.17) is 0 Å². The van der Waals surface area contributed by atoms with Crippen LogP contribution < -0.4 is 0 Å². The zero-order chi connectivity index (χ0) is 12.6. The Bertz CT molecular complexity index is 235. The lowest BCUT2D eigenvalue weighted by molar-refractivity contribution is -0.152. The average molecular weight is 228 g/mol. The quantitative estimate of drug-likeness (QED) is 0.615. The molecule has 0 aliphatic heterocycles. The SMILES string of the molecule is CCCCCCC(CC)(CC(C)=O)C(=O)O. The van der Waals surface area contributed by atoms with E-state index < -0.39 is 11.4 Å². The van der Waals surface area contributed by atoms with Crippen molar-refractivity contribution in [3.05, 3.63) is 0 Å². The molecule has 0 amide bonds. The van der Waals surface area contributed by atoms with Gasteiger partial charge in [-0.1, -0.05) is 39.5 Å². The molecule has 0 rings (SSSR count). The molecule has 1 atom stereocenters. The first-order valence-corrected chi connectivity index (χ1v) is 6.21. The topological polar surface area (TPSA) is 54.4 Å². The highest BCUT2D eigenvalue weighted by Crippen LogP contribution is 2.33. The molecule has 0 spiro atoms. The van der Waals surface area contributed by atoms with Crippen molar-refractivity contribution in [3.8, 4) is 0 Å². The zero-order valence-electron chi connectivity index (χ0n) is 10.7. The van der Waals surface area contributed by atoms with Crippen LogP contribution in [0, 0.1) is 5.41 Å². The molecule has 0 radical (unpaired) electrons. The van der Waals surface area contributed by atoms with Crippen LogP contribution >= 0.6 is 0 Å². The molecule has 0 bridgehead atoms. The predicted octanol–water partition coefficient (Wildman–Crippen LogP) is 3.42. The van der Waals surface area contributed by atoms with Crippen LogP contribution in [0.25, 0.3) is 0 Å². The Kier molecular flexibility index (Phi) is 7.02. The van der Waals surface area contributed by atoms with E-state index in [0.717, 1.165) is 25.7 Å². The Morgan fingerprint density at radius 1 is 1.12 bits per heavy atom. The van der Waals surface area contributed by atoms with Gasteiger partial charge in [0, 0.05) is 6.42 Å². The third kappa shape index (κ3) is 4.77. The van der Waals surface area contributed by atoms with E-state index in [1.807, 2.05) is 6.92 Å². The van der Waals surface area contributed by atoms with Gasteiger partial charge in [-0.3, -0.25) is 9.59 Å². The standard InChI is InChI=1S/C13H24O3/c1-4-6-7-8-9-13(5-2,12(15)16)10-11(3)14/h4-10H2,1-3H3,(H,15,16). The van der Waals surface area contributed by atoms with Crippen molar-refractivity contribution < 1.29 is 14.7 Å². The summed E-state index contributed by atoms with van der Waals surface area (Å²) in [7, 11) is 0. The number of carboxylic acid groups (broad SMARTS) is 1. The Balaban J connectivity index is 4.39. The fraction of sp³-hybridized carbons (Fsp3) is 0.846. The summed E-state index contributed by atoms with van der Waals surface area (Å²) in [6.07, 6.45) is 5.57. The number of carbonyl (C=O) groups is 2. The van der Waals surface area contributed by atoms with Crippen LogP contribution in [0.15, 0.2) is 0 Å². The molecule has 0 fully saturated rings. The van der Waals surface area contributed by atoms with Crippen LogP contribution in [-0.2, 0) is 9.59 Å². The van der Waals surface area contributed by atoms with Crippen LogP contribution in [0.4, 0.5) is 0 Å². The van der Waals surface area contributed by atoms with Crippen molar-refractivity contribution in [1.82, 2.24) is 0 Å². The molecule has 3 nitrogen and oxygen atoms in total. The summed E-state index contributed by atoms with van der Waals surface area (Å²) in [4.78, 5) is 22.4. The van der Waals surface area contributed by atoms with Crippen LogP contribution in [0.5, 0.6) is 0 Å². The lowest BCUT2D eigenvalue weighted by Gasteiger charge is -2.27. The van der Waals surface area contributed by atoms with Crippen molar-refractivity contribution in [2.24, 2.45) is 5.41 Å². The van der Waals surface area contributed by atoms with Gasteiger partial charge < -0.3 is 5.11 Å². The minimum absolute atomic E-state index is 0.0280. The highest BCUT2D eigenvalue weighted by atomic mass is 16.4. The molecule has 0 saturated heterocycles. The van der Waals surface area contributed by atoms with Gasteiger partial charge in [-0.05, 0) is 19.8 Å². The summed E-state index contributed by atoms with van der Waals surface area (Å²) in [5.74, 6) is -0.846. The number of Topliss-reactive ketones (excluding diaryl/α,β-unsaturated/α-hetero) is 1. The van der Waals surface area contributed by atoms with Crippen molar-refractivity contribution in [2.45, 2.75) is 65.7 Å². The lowest BCUT2D eigenvalue weighted by atomic mass is 9.76. The monoisotopic (exact) mass is 228 g/mol. The van der Waals surface area contributed by atoms with Crippen molar-refractivity contribution in [3.63, 3.8) is 0 Å². The summed E-state index contributed by atoms with van der Waals surface area (Å²) < 4.78 is 0. The van der Waals surface area contributed by atoms with Gasteiger partial charge >= 0.3 is 5.97 Å². The highest BCUT2D eigenvalue weighted by Gasteiger charge is 2.37. The number of aliphatic carboxylic acids is 1. The minimum Gasteiger partial charge on any atom is -0.481 e. The number of hydrogen-bond donors (Lipinski definition) is 1. The molecule has 0 saturated carbocycles. The summed E-state index contributed by atoms with van der Waals surface area (Å²) in [6, 6.07) is 0. The molecule has 3 heteroatoms. The Labute approximate surface area is 98.2 Å². The number of ketones is 1. The fourth-order valence-electron chi connectivity index (χ4n) is 2.09. The van der Waals surface area contributed by atoms with Gasteiger partial charge in [-0.2, -0.15) is 0 Å². The van der Waals surface area contributed by atoms with Gasteiger partial charge in [-0.25, -0.2) is 0 Å². The van der Waals surface area contributed by atoms with E-state index in [1.54, 1.807) is 0 Å². The average Bonchev–Trinajstić information content (AvgIpc) is 2.21. The number of carboxylic acids is 1. The summed E-state index contributed by atoms with van der Waals surface area (Å²) in [6.45, 7) is 5.45. The second-order valence-corrected chi connectivity index (χ2v) is 4.63. The van der Waals surface area contributed by atoms with Crippen molar-refractivity contribution in [2.75, 3.05) is 0 Å². The third-order valence-corrected chi connectivity index (χ3v) is 3.23. The third-order valence-electron chi connectivity index (χ3n) is 3.23. The largest absolute Gasteiger partial charge is 0.481 e. The van der Waals surface area contributed by atoms with Crippen molar-refractivity contribution >= 4 is 11.8 Å². The smallest absolute Gasteiger partial charge is 0.310 e. The second-order valence-electron chi connectivity index (χ2n) is 4.63. The van der Waals surface area contributed by atoms with Crippen LogP contribution in [-0.4, -0.2) is 16.9 Å². The fourth-order valence-corrected chi connectivity index (χ4v) is 2.09. The summed E-state index contributed by atoms with van der Waals surface area (Å²) in [5, 5.41) is 9.28. The van der Waals surface area contributed by atoms with E-state index in [0.29, 0.717) is 12.8 Å². The predicted molar refractivity (Wildman–Crippen MR) is 64.4 cm³/mol. The molecule has 0 aromatic rings. The van der Waals surface area contributed by atoms with Gasteiger partial charge in [0.2, 0.25) is 0 Å². The molecule has 1 unspecified atom stereocenters. The van der Waals surface area contributed by atoms with E-state index in [1.165, 1.54) is 6.92 Å². The first-order chi connectivity index (χ1) is 7.48. The van der Waals surface area contributed by atoms with E-state index in [2.05, 4.69) is 6.92 Å². The molecule has 0 aliphatic carbocycles. The van der Waals surface area contributed by atoms with E-state index in [-0.39, 0.29) is 12.2 Å². The van der Waals surface area contributed by atoms with Gasteiger partial charge in [-0.15, -0.1) is 0 Å². The first kappa shape index (κ1) is 15.1. The van der Waals surface area contributed by atoms with E-state index in [9.17, 15) is 14.7 Å². The molecule has 0 aromatic heterocycles. The molecular weight excluding hydrogens is 204 g/mol. The number of rotatable bonds is 9. The highest BCUT2D eigenvalue weighted by molar-refractivity contribution is 5.84. The molecule has 16 heavy (non-hydrogen) atoms. The summed E-state index contributed by atoms with van der Waals surface area (Å²) in [5.41, 5.74) is -0.820. The second kappa shape index (κ2) is 7.42. The molecule has 0 heterocycles. The molecular formula is C13H24O3. The lowest BCUT2D eigenvalue weighted by Crippen LogP contribution is -2.32. The Morgan fingerprint density at radius 3 is 2.12 bits per heavy atom. The maximum Gasteiger partial charge on any atom is 0.310 e. The first-order valence-electron chi connectivity index (χ1n) is 6.21. The minimum atomic E-state index is -0.820. The molecule has 0 aliphatic rings.